The van der Waals surface area contributed by atoms with Crippen LogP contribution in [0.2, 0.25) is 0 Å². The van der Waals surface area contributed by atoms with E-state index in [9.17, 15) is 0 Å². The molecule has 0 heterocycles. The highest BCUT2D eigenvalue weighted by atomic mass is 32.1. The maximum absolute atomic E-state index is 5.48. The maximum atomic E-state index is 5.48. The van der Waals surface area contributed by atoms with Crippen LogP contribution in [0.1, 0.15) is 24.9 Å². The van der Waals surface area contributed by atoms with Gasteiger partial charge in [0.2, 0.25) is 0 Å². The zero-order chi connectivity index (χ0) is 19.8. The van der Waals surface area contributed by atoms with Gasteiger partial charge in [0, 0.05) is 11.8 Å². The number of thiocarbonyl (C=S) groups is 1. The Bertz CT molecular complexity index is 783. The molecule has 2 aromatic carbocycles. The Labute approximate surface area is 165 Å². The summed E-state index contributed by atoms with van der Waals surface area (Å²) in [5, 5.41) is 7.04. The van der Waals surface area contributed by atoms with E-state index < -0.39 is 0 Å². The molecule has 1 atom stereocenters. The van der Waals surface area contributed by atoms with Gasteiger partial charge < -0.3 is 29.6 Å². The van der Waals surface area contributed by atoms with Crippen LogP contribution in [0.25, 0.3) is 0 Å². The summed E-state index contributed by atoms with van der Waals surface area (Å²) >= 11 is 5.48. The van der Waals surface area contributed by atoms with Crippen molar-refractivity contribution in [2.75, 3.05) is 33.8 Å². The van der Waals surface area contributed by atoms with Crippen LogP contribution in [-0.4, -0.2) is 33.6 Å². The van der Waals surface area contributed by atoms with E-state index in [0.717, 1.165) is 17.7 Å². The fourth-order valence-corrected chi connectivity index (χ4v) is 2.99. The van der Waals surface area contributed by atoms with Crippen LogP contribution in [0.5, 0.6) is 23.0 Å². The van der Waals surface area contributed by atoms with Crippen molar-refractivity contribution < 1.29 is 18.9 Å². The van der Waals surface area contributed by atoms with Crippen molar-refractivity contribution in [2.45, 2.75) is 19.4 Å². The Morgan fingerprint density at radius 2 is 1.41 bits per heavy atom. The maximum Gasteiger partial charge on any atom is 0.171 e. The first-order chi connectivity index (χ1) is 13.1. The van der Waals surface area contributed by atoms with E-state index >= 15 is 0 Å². The molecular formula is C20H26N2O4S. The molecule has 2 rings (SSSR count). The van der Waals surface area contributed by atoms with E-state index in [1.165, 1.54) is 0 Å². The van der Waals surface area contributed by atoms with Crippen molar-refractivity contribution in [3.8, 4) is 23.0 Å². The molecule has 0 aliphatic heterocycles. The first-order valence-corrected chi connectivity index (χ1v) is 8.98. The largest absolute Gasteiger partial charge is 0.493 e. The fraction of sp³-hybridized carbons (Fsp3) is 0.350. The molecule has 0 saturated heterocycles. The monoisotopic (exact) mass is 390 g/mol. The number of nitrogens with one attached hydrogen (secondary N) is 2. The molecule has 7 heteroatoms. The molecule has 0 spiro atoms. The number of anilines is 1. The van der Waals surface area contributed by atoms with Gasteiger partial charge in [0.1, 0.15) is 0 Å². The first-order valence-electron chi connectivity index (χ1n) is 8.57. The third kappa shape index (κ3) is 5.17. The molecule has 2 N–H and O–H groups in total. The number of methoxy groups -OCH3 is 4. The second-order valence-electron chi connectivity index (χ2n) is 5.74. The lowest BCUT2D eigenvalue weighted by molar-refractivity contribution is 0.354. The highest BCUT2D eigenvalue weighted by molar-refractivity contribution is 7.80. The molecule has 0 amide bonds. The minimum atomic E-state index is 0.0324. The molecule has 0 aliphatic carbocycles. The van der Waals surface area contributed by atoms with Gasteiger partial charge in [-0.15, -0.1) is 0 Å². The predicted molar refractivity (Wildman–Crippen MR) is 111 cm³/mol. The summed E-state index contributed by atoms with van der Waals surface area (Å²) in [6.45, 7) is 2.09. The smallest absolute Gasteiger partial charge is 0.171 e. The molecule has 146 valence electrons. The lowest BCUT2D eigenvalue weighted by atomic mass is 10.0. The van der Waals surface area contributed by atoms with Crippen molar-refractivity contribution in [3.63, 3.8) is 0 Å². The SMILES string of the molecule is CC[C@H](NC(=S)Nc1ccc(OC)c(OC)c1)c1ccc(OC)c(OC)c1. The van der Waals surface area contributed by atoms with Crippen LogP contribution >= 0.6 is 12.2 Å². The molecule has 0 radical (unpaired) electrons. The average Bonchev–Trinajstić information content (AvgIpc) is 2.71. The van der Waals surface area contributed by atoms with Gasteiger partial charge in [0.25, 0.3) is 0 Å². The lowest BCUT2D eigenvalue weighted by Crippen LogP contribution is -2.32. The van der Waals surface area contributed by atoms with Crippen LogP contribution in [-0.2, 0) is 0 Å². The second-order valence-corrected chi connectivity index (χ2v) is 6.15. The highest BCUT2D eigenvalue weighted by Crippen LogP contribution is 2.32. The van der Waals surface area contributed by atoms with Crippen LogP contribution in [0, 0.1) is 0 Å². The van der Waals surface area contributed by atoms with E-state index in [0.29, 0.717) is 28.1 Å². The topological polar surface area (TPSA) is 61.0 Å². The molecule has 0 bridgehead atoms. The number of rotatable bonds is 8. The van der Waals surface area contributed by atoms with E-state index in [2.05, 4.69) is 17.6 Å². The number of benzene rings is 2. The van der Waals surface area contributed by atoms with Gasteiger partial charge in [0.15, 0.2) is 28.1 Å². The molecule has 0 aliphatic rings. The molecular weight excluding hydrogens is 364 g/mol. The first kappa shape index (κ1) is 20.6. The standard InChI is InChI=1S/C20H26N2O4S/c1-6-15(13-7-9-16(23-2)18(11-13)25-4)22-20(27)21-14-8-10-17(24-3)19(12-14)26-5/h7-12,15H,6H2,1-5H3,(H2,21,22,27)/t15-/m0/s1. The molecule has 0 saturated carbocycles. The summed E-state index contributed by atoms with van der Waals surface area (Å²) in [5.74, 6) is 2.69. The van der Waals surface area contributed by atoms with Crippen LogP contribution in [0.15, 0.2) is 36.4 Å². The normalized spacial score (nSPS) is 11.3. The zero-order valence-corrected chi connectivity index (χ0v) is 17.1. The van der Waals surface area contributed by atoms with E-state index in [1.54, 1.807) is 28.4 Å². The highest BCUT2D eigenvalue weighted by Gasteiger charge is 2.14. The molecule has 0 unspecified atom stereocenters. The Balaban J connectivity index is 2.11. The van der Waals surface area contributed by atoms with E-state index in [4.69, 9.17) is 31.2 Å². The minimum Gasteiger partial charge on any atom is -0.493 e. The van der Waals surface area contributed by atoms with Crippen LogP contribution in [0.4, 0.5) is 5.69 Å². The van der Waals surface area contributed by atoms with Gasteiger partial charge in [-0.25, -0.2) is 0 Å². The summed E-state index contributed by atoms with van der Waals surface area (Å²) in [5.41, 5.74) is 1.87. The summed E-state index contributed by atoms with van der Waals surface area (Å²) in [4.78, 5) is 0. The number of ether oxygens (including phenoxy) is 4. The third-order valence-electron chi connectivity index (χ3n) is 4.16. The van der Waals surface area contributed by atoms with Crippen LogP contribution < -0.4 is 29.6 Å². The number of hydrogen-bond donors (Lipinski definition) is 2. The molecule has 0 fully saturated rings. The molecule has 0 aromatic heterocycles. The van der Waals surface area contributed by atoms with Crippen molar-refractivity contribution >= 4 is 23.0 Å². The van der Waals surface area contributed by atoms with Crippen molar-refractivity contribution in [3.05, 3.63) is 42.0 Å². The fourth-order valence-electron chi connectivity index (χ4n) is 2.73. The second kappa shape index (κ2) is 9.87. The van der Waals surface area contributed by atoms with Crippen molar-refractivity contribution in [1.82, 2.24) is 5.32 Å². The number of hydrogen-bond acceptors (Lipinski definition) is 5. The average molecular weight is 391 g/mol. The van der Waals surface area contributed by atoms with Gasteiger partial charge in [-0.3, -0.25) is 0 Å². The quantitative estimate of drug-likeness (QED) is 0.656. The Kier molecular flexibility index (Phi) is 7.55. The molecule has 2 aromatic rings. The van der Waals surface area contributed by atoms with Gasteiger partial charge in [-0.05, 0) is 48.5 Å². The van der Waals surface area contributed by atoms with Gasteiger partial charge >= 0.3 is 0 Å². The van der Waals surface area contributed by atoms with Gasteiger partial charge in [-0.2, -0.15) is 0 Å². The summed E-state index contributed by atoms with van der Waals surface area (Å²) in [7, 11) is 6.45. The summed E-state index contributed by atoms with van der Waals surface area (Å²) in [6.07, 6.45) is 0.850. The van der Waals surface area contributed by atoms with Crippen molar-refractivity contribution in [1.29, 1.82) is 0 Å². The summed E-state index contributed by atoms with van der Waals surface area (Å²) < 4.78 is 21.3. The predicted octanol–water partition coefficient (Wildman–Crippen LogP) is 4.16. The van der Waals surface area contributed by atoms with Crippen LogP contribution in [0.3, 0.4) is 0 Å². The van der Waals surface area contributed by atoms with E-state index in [1.807, 2.05) is 36.4 Å². The van der Waals surface area contributed by atoms with Gasteiger partial charge in [-0.1, -0.05) is 13.0 Å². The minimum absolute atomic E-state index is 0.0324. The Morgan fingerprint density at radius 1 is 0.852 bits per heavy atom. The van der Waals surface area contributed by atoms with Gasteiger partial charge in [0.05, 0.1) is 34.5 Å². The summed E-state index contributed by atoms with van der Waals surface area (Å²) in [6, 6.07) is 11.4. The van der Waals surface area contributed by atoms with E-state index in [-0.39, 0.29) is 6.04 Å². The molecule has 27 heavy (non-hydrogen) atoms. The molecule has 6 nitrogen and oxygen atoms in total. The Morgan fingerprint density at radius 3 is 1.96 bits per heavy atom. The third-order valence-corrected chi connectivity index (χ3v) is 4.38. The van der Waals surface area contributed by atoms with Crippen molar-refractivity contribution in [2.24, 2.45) is 0 Å². The lowest BCUT2D eigenvalue weighted by Gasteiger charge is -2.21. The zero-order valence-electron chi connectivity index (χ0n) is 16.3. The Hall–Kier alpha value is -2.67.